The molecule has 0 bridgehead atoms. The second kappa shape index (κ2) is 4.88. The molecule has 0 radical (unpaired) electrons. The summed E-state index contributed by atoms with van der Waals surface area (Å²) in [4.78, 5) is 0. The van der Waals surface area contributed by atoms with Crippen LogP contribution in [-0.2, 0) is 6.42 Å². The Morgan fingerprint density at radius 2 is 1.73 bits per heavy atom. The van der Waals surface area contributed by atoms with E-state index in [0.29, 0.717) is 0 Å². The number of aryl methyl sites for hydroxylation is 1. The van der Waals surface area contributed by atoms with Gasteiger partial charge in [0.25, 0.3) is 0 Å². The van der Waals surface area contributed by atoms with E-state index in [0.717, 1.165) is 18.4 Å². The fourth-order valence-electron chi connectivity index (χ4n) is 1.33. The SMILES string of the molecule is CCCc1ccc(C(Cl)C(F)(F)F)cc1. The van der Waals surface area contributed by atoms with Gasteiger partial charge in [-0.05, 0) is 17.5 Å². The Kier molecular flexibility index (Phi) is 4.03. The molecule has 0 aliphatic rings. The fraction of sp³-hybridized carbons (Fsp3) is 0.455. The minimum Gasteiger partial charge on any atom is -0.169 e. The van der Waals surface area contributed by atoms with Crippen LogP contribution in [0.5, 0.6) is 0 Å². The maximum atomic E-state index is 12.3. The van der Waals surface area contributed by atoms with Gasteiger partial charge in [-0.3, -0.25) is 0 Å². The third-order valence-corrected chi connectivity index (χ3v) is 2.60. The fourth-order valence-corrected chi connectivity index (χ4v) is 1.48. The molecule has 0 aliphatic carbocycles. The van der Waals surface area contributed by atoms with Crippen LogP contribution in [-0.4, -0.2) is 6.18 Å². The highest BCUT2D eigenvalue weighted by molar-refractivity contribution is 6.21. The van der Waals surface area contributed by atoms with Gasteiger partial charge >= 0.3 is 6.18 Å². The van der Waals surface area contributed by atoms with Gasteiger partial charge in [0.2, 0.25) is 0 Å². The minimum atomic E-state index is -4.38. The molecule has 0 saturated heterocycles. The highest BCUT2D eigenvalue weighted by atomic mass is 35.5. The molecule has 15 heavy (non-hydrogen) atoms. The van der Waals surface area contributed by atoms with Crippen LogP contribution in [0.25, 0.3) is 0 Å². The average molecular weight is 237 g/mol. The smallest absolute Gasteiger partial charge is 0.169 e. The van der Waals surface area contributed by atoms with Crippen LogP contribution in [0.2, 0.25) is 0 Å². The number of hydrogen-bond donors (Lipinski definition) is 0. The molecular weight excluding hydrogens is 225 g/mol. The van der Waals surface area contributed by atoms with Crippen molar-refractivity contribution in [3.8, 4) is 0 Å². The number of rotatable bonds is 3. The molecule has 1 aromatic rings. The van der Waals surface area contributed by atoms with Crippen molar-refractivity contribution in [2.24, 2.45) is 0 Å². The topological polar surface area (TPSA) is 0 Å². The normalized spacial score (nSPS) is 13.9. The van der Waals surface area contributed by atoms with E-state index >= 15 is 0 Å². The van der Waals surface area contributed by atoms with Crippen LogP contribution in [0.1, 0.15) is 29.8 Å². The molecule has 1 unspecified atom stereocenters. The standard InChI is InChI=1S/C11H12ClF3/c1-2-3-8-4-6-9(7-5-8)10(12)11(13,14)15/h4-7,10H,2-3H2,1H3. The third-order valence-electron chi connectivity index (χ3n) is 2.10. The predicted octanol–water partition coefficient (Wildman–Crippen LogP) is 4.48. The molecule has 0 spiro atoms. The summed E-state index contributed by atoms with van der Waals surface area (Å²) >= 11 is 5.29. The largest absolute Gasteiger partial charge is 0.408 e. The molecule has 0 fully saturated rings. The molecular formula is C11H12ClF3. The predicted molar refractivity (Wildman–Crippen MR) is 55.1 cm³/mol. The second-order valence-electron chi connectivity index (χ2n) is 3.40. The van der Waals surface area contributed by atoms with Crippen LogP contribution < -0.4 is 0 Å². The summed E-state index contributed by atoms with van der Waals surface area (Å²) in [6.45, 7) is 2.02. The van der Waals surface area contributed by atoms with Gasteiger partial charge in [0.1, 0.15) is 0 Å². The summed E-state index contributed by atoms with van der Waals surface area (Å²) < 4.78 is 36.8. The Morgan fingerprint density at radius 1 is 1.20 bits per heavy atom. The summed E-state index contributed by atoms with van der Waals surface area (Å²) in [6, 6.07) is 6.27. The molecule has 0 aliphatic heterocycles. The third kappa shape index (κ3) is 3.42. The van der Waals surface area contributed by atoms with Crippen molar-refractivity contribution >= 4 is 11.6 Å². The van der Waals surface area contributed by atoms with E-state index in [4.69, 9.17) is 11.6 Å². The Hall–Kier alpha value is -0.700. The summed E-state index contributed by atoms with van der Waals surface area (Å²) in [5.41, 5.74) is 1.14. The van der Waals surface area contributed by atoms with Crippen LogP contribution >= 0.6 is 11.6 Å². The zero-order chi connectivity index (χ0) is 11.5. The lowest BCUT2D eigenvalue weighted by Gasteiger charge is -2.14. The second-order valence-corrected chi connectivity index (χ2v) is 3.83. The summed E-state index contributed by atoms with van der Waals surface area (Å²) in [5, 5.41) is -1.91. The number of benzene rings is 1. The Labute approximate surface area is 92.1 Å². The monoisotopic (exact) mass is 236 g/mol. The highest BCUT2D eigenvalue weighted by Gasteiger charge is 2.39. The molecule has 0 amide bonds. The van der Waals surface area contributed by atoms with Crippen molar-refractivity contribution < 1.29 is 13.2 Å². The Morgan fingerprint density at radius 3 is 2.13 bits per heavy atom. The molecule has 4 heteroatoms. The van der Waals surface area contributed by atoms with Crippen molar-refractivity contribution in [2.75, 3.05) is 0 Å². The quantitative estimate of drug-likeness (QED) is 0.679. The van der Waals surface area contributed by atoms with Crippen molar-refractivity contribution in [2.45, 2.75) is 31.3 Å². The molecule has 1 aromatic carbocycles. The number of alkyl halides is 4. The van der Waals surface area contributed by atoms with Gasteiger partial charge < -0.3 is 0 Å². The summed E-state index contributed by atoms with van der Waals surface area (Å²) in [7, 11) is 0. The van der Waals surface area contributed by atoms with E-state index in [1.165, 1.54) is 12.1 Å². The molecule has 84 valence electrons. The van der Waals surface area contributed by atoms with Gasteiger partial charge in [0.05, 0.1) is 0 Å². The van der Waals surface area contributed by atoms with Gasteiger partial charge in [0, 0.05) is 0 Å². The average Bonchev–Trinajstić information content (AvgIpc) is 2.17. The van der Waals surface area contributed by atoms with Crippen LogP contribution in [0.4, 0.5) is 13.2 Å². The molecule has 0 saturated carbocycles. The lowest BCUT2D eigenvalue weighted by Crippen LogP contribution is -2.15. The number of halogens is 4. The first-order valence-electron chi connectivity index (χ1n) is 4.74. The van der Waals surface area contributed by atoms with E-state index < -0.39 is 11.6 Å². The van der Waals surface area contributed by atoms with Crippen molar-refractivity contribution in [3.63, 3.8) is 0 Å². The van der Waals surface area contributed by atoms with Gasteiger partial charge in [-0.1, -0.05) is 37.6 Å². The van der Waals surface area contributed by atoms with E-state index in [-0.39, 0.29) is 5.56 Å². The first-order chi connectivity index (χ1) is 6.95. The maximum absolute atomic E-state index is 12.3. The molecule has 1 atom stereocenters. The van der Waals surface area contributed by atoms with Crippen LogP contribution in [0.15, 0.2) is 24.3 Å². The first kappa shape index (κ1) is 12.4. The van der Waals surface area contributed by atoms with Crippen molar-refractivity contribution in [1.29, 1.82) is 0 Å². The summed E-state index contributed by atoms with van der Waals surface area (Å²) in [5.74, 6) is 0. The Balaban J connectivity index is 2.80. The number of hydrogen-bond acceptors (Lipinski definition) is 0. The van der Waals surface area contributed by atoms with Crippen molar-refractivity contribution in [3.05, 3.63) is 35.4 Å². The van der Waals surface area contributed by atoms with E-state index in [2.05, 4.69) is 0 Å². The van der Waals surface area contributed by atoms with Crippen molar-refractivity contribution in [1.82, 2.24) is 0 Å². The molecule has 0 N–H and O–H groups in total. The maximum Gasteiger partial charge on any atom is 0.408 e. The molecule has 0 nitrogen and oxygen atoms in total. The van der Waals surface area contributed by atoms with Crippen LogP contribution in [0, 0.1) is 0 Å². The van der Waals surface area contributed by atoms with Gasteiger partial charge in [-0.15, -0.1) is 11.6 Å². The van der Waals surface area contributed by atoms with Gasteiger partial charge in [0.15, 0.2) is 5.38 Å². The summed E-state index contributed by atoms with van der Waals surface area (Å²) in [6.07, 6.45) is -2.53. The van der Waals surface area contributed by atoms with Gasteiger partial charge in [-0.2, -0.15) is 13.2 Å². The lowest BCUT2D eigenvalue weighted by atomic mass is 10.1. The highest BCUT2D eigenvalue weighted by Crippen LogP contribution is 2.37. The zero-order valence-electron chi connectivity index (χ0n) is 8.31. The molecule has 0 heterocycles. The van der Waals surface area contributed by atoms with E-state index in [9.17, 15) is 13.2 Å². The molecule has 1 rings (SSSR count). The van der Waals surface area contributed by atoms with E-state index in [1.54, 1.807) is 12.1 Å². The first-order valence-corrected chi connectivity index (χ1v) is 5.18. The molecule has 0 aromatic heterocycles. The minimum absolute atomic E-state index is 0.101. The van der Waals surface area contributed by atoms with Crippen LogP contribution in [0.3, 0.4) is 0 Å². The zero-order valence-corrected chi connectivity index (χ0v) is 9.07. The van der Waals surface area contributed by atoms with E-state index in [1.807, 2.05) is 6.92 Å². The Bertz CT molecular complexity index is 303. The lowest BCUT2D eigenvalue weighted by molar-refractivity contribution is -0.131. The van der Waals surface area contributed by atoms with Gasteiger partial charge in [-0.25, -0.2) is 0 Å².